The van der Waals surface area contributed by atoms with Crippen molar-refractivity contribution in [2.45, 2.75) is 0 Å². The fraction of sp³-hybridized carbons (Fsp3) is 0. The first-order chi connectivity index (χ1) is 0. The van der Waals surface area contributed by atoms with Crippen molar-refractivity contribution < 1.29 is 169 Å². The van der Waals surface area contributed by atoms with Gasteiger partial charge in [0.1, 0.15) is 0 Å². The van der Waals surface area contributed by atoms with Crippen molar-refractivity contribution in [3.63, 3.8) is 0 Å². The Kier molecular flexibility index (Phi) is 605. The van der Waals surface area contributed by atoms with Gasteiger partial charge in [0.05, 0.1) is 0 Å². The average Bonchev–Trinajstić information content (AvgIpc) is 0. The van der Waals surface area contributed by atoms with Crippen LogP contribution >= 0.6 is 9.90 Å². The monoisotopic (exact) mass is 1510 g/mol. The molecule has 9 heteroatoms. The topological polar surface area (TPSA) is 0 Å². The van der Waals surface area contributed by atoms with Crippen molar-refractivity contribution in [2.75, 3.05) is 0 Å². The van der Waals surface area contributed by atoms with Gasteiger partial charge in [0.15, 0.2) is 0 Å². The van der Waals surface area contributed by atoms with Gasteiger partial charge in [-0.1, -0.05) is 0 Å². The SMILES string of the molecule is P.[W].[W].[W].[W].[W].[W].[W].[W]. The average molecular weight is 1500 g/mol. The zero-order chi connectivity index (χ0) is 0. The van der Waals surface area contributed by atoms with Gasteiger partial charge >= 0.3 is 0 Å². The fourth-order valence-electron chi connectivity index (χ4n) is 0. The van der Waals surface area contributed by atoms with E-state index in [1.54, 1.807) is 0 Å². The molecule has 0 saturated carbocycles. The van der Waals surface area contributed by atoms with E-state index in [0.717, 1.165) is 0 Å². The second-order valence-electron chi connectivity index (χ2n) is 0. The second kappa shape index (κ2) is 66.2. The van der Waals surface area contributed by atoms with E-state index < -0.39 is 0 Å². The first-order valence-electron chi connectivity index (χ1n) is 0. The number of rotatable bonds is 0. The van der Waals surface area contributed by atoms with Crippen LogP contribution in [0.3, 0.4) is 0 Å². The van der Waals surface area contributed by atoms with Crippen LogP contribution in [0.25, 0.3) is 0 Å². The normalized spacial score (nSPS) is 0. The summed E-state index contributed by atoms with van der Waals surface area (Å²) in [6.07, 6.45) is 0. The van der Waals surface area contributed by atoms with E-state index in [-0.39, 0.29) is 178 Å². The van der Waals surface area contributed by atoms with Crippen LogP contribution in [0.15, 0.2) is 0 Å². The molecule has 0 aromatic heterocycles. The Balaban J connectivity index is 0. The van der Waals surface area contributed by atoms with Crippen molar-refractivity contribution in [1.29, 1.82) is 0 Å². The molecule has 0 aromatic carbocycles. The van der Waals surface area contributed by atoms with Gasteiger partial charge in [-0.3, -0.25) is 0 Å². The van der Waals surface area contributed by atoms with Crippen molar-refractivity contribution in [3.8, 4) is 0 Å². The predicted molar refractivity (Wildman–Crippen MR) is 11.1 cm³/mol. The third-order valence-electron chi connectivity index (χ3n) is 0. The Hall–Kier alpha value is 5.94. The summed E-state index contributed by atoms with van der Waals surface area (Å²) in [6, 6.07) is 0. The van der Waals surface area contributed by atoms with Crippen LogP contribution in [0.4, 0.5) is 0 Å². The molecule has 0 bridgehead atoms. The molecule has 1 unspecified atom stereocenters. The van der Waals surface area contributed by atoms with E-state index in [1.165, 1.54) is 0 Å². The van der Waals surface area contributed by atoms with Crippen LogP contribution in [0.1, 0.15) is 0 Å². The molecule has 0 rings (SSSR count). The van der Waals surface area contributed by atoms with Crippen molar-refractivity contribution in [2.24, 2.45) is 0 Å². The standard InChI is InChI=1S/H3P.8W/h1H3;;;;;;;;. The molecular weight excluding hydrogens is 1500 g/mol. The van der Waals surface area contributed by atoms with Crippen molar-refractivity contribution in [1.82, 2.24) is 0 Å². The van der Waals surface area contributed by atoms with Crippen LogP contribution in [0, 0.1) is 0 Å². The smallest absolute Gasteiger partial charge is 0 e. The van der Waals surface area contributed by atoms with Gasteiger partial charge < -0.3 is 0 Å². The van der Waals surface area contributed by atoms with Gasteiger partial charge in [0.25, 0.3) is 0 Å². The molecule has 0 nitrogen and oxygen atoms in total. The Morgan fingerprint density at radius 3 is 0.222 bits per heavy atom. The molecule has 0 spiro atoms. The van der Waals surface area contributed by atoms with E-state index in [0.29, 0.717) is 0 Å². The quantitative estimate of drug-likeness (QED) is 0.302. The summed E-state index contributed by atoms with van der Waals surface area (Å²) in [6.45, 7) is 0. The molecular formula is H3PW8. The molecule has 1 atom stereocenters. The molecule has 0 amide bonds. The number of hydrogen-bond acceptors (Lipinski definition) is 0. The molecule has 0 radical (unpaired) electrons. The molecule has 0 aliphatic carbocycles. The zero-order valence-electron chi connectivity index (χ0n) is 3.97. The van der Waals surface area contributed by atoms with Crippen LogP contribution < -0.4 is 0 Å². The maximum atomic E-state index is 0. The van der Waals surface area contributed by atoms with E-state index >= 15 is 0 Å². The zero-order valence-corrected chi connectivity index (χ0v) is 28.9. The van der Waals surface area contributed by atoms with Crippen LogP contribution in [0.5, 0.6) is 0 Å². The Bertz CT molecular complexity index is 4.53. The van der Waals surface area contributed by atoms with Gasteiger partial charge in [-0.25, -0.2) is 0 Å². The number of hydrogen-bond donors (Lipinski definition) is 0. The first-order valence-corrected chi connectivity index (χ1v) is 0. The summed E-state index contributed by atoms with van der Waals surface area (Å²) in [5.41, 5.74) is 0. The van der Waals surface area contributed by atoms with E-state index in [1.807, 2.05) is 0 Å². The van der Waals surface area contributed by atoms with Gasteiger partial charge in [-0.15, -0.1) is 0 Å². The summed E-state index contributed by atoms with van der Waals surface area (Å²) in [7, 11) is 0. The van der Waals surface area contributed by atoms with E-state index in [4.69, 9.17) is 0 Å². The Morgan fingerprint density at radius 2 is 0.222 bits per heavy atom. The van der Waals surface area contributed by atoms with Crippen LogP contribution in [-0.4, -0.2) is 0 Å². The molecule has 0 aliphatic rings. The van der Waals surface area contributed by atoms with Gasteiger partial charge in [0.2, 0.25) is 0 Å². The molecule has 0 aromatic rings. The van der Waals surface area contributed by atoms with Gasteiger partial charge in [0, 0.05) is 169 Å². The molecule has 0 saturated heterocycles. The van der Waals surface area contributed by atoms with Crippen LogP contribution in [-0.2, 0) is 169 Å². The minimum absolute atomic E-state index is 0. The third kappa shape index (κ3) is 56.3. The molecule has 56 valence electrons. The molecule has 0 N–H and O–H groups in total. The van der Waals surface area contributed by atoms with Crippen molar-refractivity contribution >= 4 is 9.90 Å². The Labute approximate surface area is 174 Å². The van der Waals surface area contributed by atoms with Gasteiger partial charge in [-0.2, -0.15) is 9.90 Å². The summed E-state index contributed by atoms with van der Waals surface area (Å²) in [4.78, 5) is 0. The fourth-order valence-corrected chi connectivity index (χ4v) is 0. The minimum Gasteiger partial charge on any atom is -0.153 e. The minimum atomic E-state index is 0. The van der Waals surface area contributed by atoms with Crippen molar-refractivity contribution in [3.05, 3.63) is 0 Å². The molecule has 0 fully saturated rings. The maximum Gasteiger partial charge on any atom is 0 e. The summed E-state index contributed by atoms with van der Waals surface area (Å²) >= 11 is 0. The van der Waals surface area contributed by atoms with Gasteiger partial charge in [-0.05, 0) is 0 Å². The molecule has 9 heavy (non-hydrogen) atoms. The van der Waals surface area contributed by atoms with E-state index in [2.05, 4.69) is 0 Å². The summed E-state index contributed by atoms with van der Waals surface area (Å²) in [5, 5.41) is 0. The second-order valence-corrected chi connectivity index (χ2v) is 0. The third-order valence-corrected chi connectivity index (χ3v) is 0. The Morgan fingerprint density at radius 1 is 0.222 bits per heavy atom. The summed E-state index contributed by atoms with van der Waals surface area (Å²) in [5.74, 6) is 0. The molecule has 0 heterocycles. The predicted octanol–water partition coefficient (Wildman–Crippen LogP) is 0.0381. The first kappa shape index (κ1) is 82.3. The summed E-state index contributed by atoms with van der Waals surface area (Å²) < 4.78 is 0. The van der Waals surface area contributed by atoms with Crippen LogP contribution in [0.2, 0.25) is 0 Å². The molecule has 0 aliphatic heterocycles. The van der Waals surface area contributed by atoms with E-state index in [9.17, 15) is 0 Å². The largest absolute Gasteiger partial charge is 0.153 e. The maximum absolute atomic E-state index is 0.